The van der Waals surface area contributed by atoms with Gasteiger partial charge in [-0.3, -0.25) is 4.79 Å². The Bertz CT molecular complexity index is 580. The molecule has 0 aliphatic carbocycles. The maximum absolute atomic E-state index is 12.2. The first-order valence-corrected chi connectivity index (χ1v) is 6.69. The van der Waals surface area contributed by atoms with Crippen LogP contribution in [0.4, 0.5) is 0 Å². The molecule has 0 spiro atoms. The Labute approximate surface area is 123 Å². The number of carbonyl (C=O) groups excluding carboxylic acids is 1. The van der Waals surface area contributed by atoms with Crippen LogP contribution in [-0.2, 0) is 6.42 Å². The highest BCUT2D eigenvalue weighted by Gasteiger charge is 2.13. The zero-order chi connectivity index (χ0) is 15.2. The van der Waals surface area contributed by atoms with Gasteiger partial charge in [0.15, 0.2) is 0 Å². The standard InChI is InChI=1S/C16H19NO4/c1-11-14(19-2)9-12(10-15(11)20-3)16(18)17-7-6-13-5-4-8-21-13/h4-5,8-10H,6-7H2,1-3H3,(H,17,18). The Morgan fingerprint density at radius 1 is 1.24 bits per heavy atom. The van der Waals surface area contributed by atoms with E-state index in [-0.39, 0.29) is 5.91 Å². The normalized spacial score (nSPS) is 10.2. The van der Waals surface area contributed by atoms with Crippen molar-refractivity contribution in [1.82, 2.24) is 5.32 Å². The van der Waals surface area contributed by atoms with Gasteiger partial charge in [-0.25, -0.2) is 0 Å². The predicted molar refractivity (Wildman–Crippen MR) is 79.0 cm³/mol. The number of rotatable bonds is 6. The lowest BCUT2D eigenvalue weighted by molar-refractivity contribution is 0.0953. The highest BCUT2D eigenvalue weighted by atomic mass is 16.5. The molecule has 2 aromatic rings. The molecule has 0 atom stereocenters. The van der Waals surface area contributed by atoms with Crippen LogP contribution >= 0.6 is 0 Å². The average molecular weight is 289 g/mol. The van der Waals surface area contributed by atoms with E-state index < -0.39 is 0 Å². The van der Waals surface area contributed by atoms with Gasteiger partial charge < -0.3 is 19.2 Å². The van der Waals surface area contributed by atoms with Gasteiger partial charge in [0, 0.05) is 24.1 Å². The molecular formula is C16H19NO4. The molecule has 0 aliphatic rings. The van der Waals surface area contributed by atoms with Gasteiger partial charge in [-0.1, -0.05) is 0 Å². The summed E-state index contributed by atoms with van der Waals surface area (Å²) in [4.78, 5) is 12.2. The summed E-state index contributed by atoms with van der Waals surface area (Å²) in [6.07, 6.45) is 2.27. The molecule has 1 aromatic carbocycles. The number of amides is 1. The van der Waals surface area contributed by atoms with Crippen molar-refractivity contribution >= 4 is 5.91 Å². The van der Waals surface area contributed by atoms with Gasteiger partial charge in [0.25, 0.3) is 5.91 Å². The number of nitrogens with one attached hydrogen (secondary N) is 1. The molecule has 1 heterocycles. The summed E-state index contributed by atoms with van der Waals surface area (Å²) >= 11 is 0. The third-order valence-corrected chi connectivity index (χ3v) is 3.25. The van der Waals surface area contributed by atoms with Crippen molar-refractivity contribution in [2.24, 2.45) is 0 Å². The van der Waals surface area contributed by atoms with Crippen molar-refractivity contribution in [2.75, 3.05) is 20.8 Å². The van der Waals surface area contributed by atoms with E-state index in [9.17, 15) is 4.79 Å². The van der Waals surface area contributed by atoms with Crippen LogP contribution in [0.25, 0.3) is 0 Å². The molecule has 0 bridgehead atoms. The first kappa shape index (κ1) is 15.0. The summed E-state index contributed by atoms with van der Waals surface area (Å²) in [5.74, 6) is 1.93. The minimum absolute atomic E-state index is 0.168. The largest absolute Gasteiger partial charge is 0.496 e. The lowest BCUT2D eigenvalue weighted by Crippen LogP contribution is -2.25. The molecule has 2 rings (SSSR count). The molecular weight excluding hydrogens is 270 g/mol. The van der Waals surface area contributed by atoms with E-state index in [1.807, 2.05) is 19.1 Å². The molecule has 112 valence electrons. The van der Waals surface area contributed by atoms with Crippen LogP contribution in [0, 0.1) is 6.92 Å². The molecule has 1 amide bonds. The molecule has 0 radical (unpaired) electrons. The maximum Gasteiger partial charge on any atom is 0.251 e. The number of hydrogen-bond donors (Lipinski definition) is 1. The number of hydrogen-bond acceptors (Lipinski definition) is 4. The van der Waals surface area contributed by atoms with E-state index >= 15 is 0 Å². The second-order valence-electron chi connectivity index (χ2n) is 4.59. The summed E-state index contributed by atoms with van der Waals surface area (Å²) in [5.41, 5.74) is 1.38. The Kier molecular flexibility index (Phi) is 4.87. The fraction of sp³-hybridized carbons (Fsp3) is 0.312. The predicted octanol–water partition coefficient (Wildman–Crippen LogP) is 2.58. The summed E-state index contributed by atoms with van der Waals surface area (Å²) in [7, 11) is 3.14. The number of furan rings is 1. The number of ether oxygens (including phenoxy) is 2. The molecule has 0 fully saturated rings. The van der Waals surface area contributed by atoms with Gasteiger partial charge in [-0.15, -0.1) is 0 Å². The number of carbonyl (C=O) groups is 1. The Morgan fingerprint density at radius 3 is 2.43 bits per heavy atom. The van der Waals surface area contributed by atoms with Crippen molar-refractivity contribution in [3.05, 3.63) is 47.4 Å². The zero-order valence-corrected chi connectivity index (χ0v) is 12.4. The van der Waals surface area contributed by atoms with Gasteiger partial charge in [0.05, 0.1) is 20.5 Å². The van der Waals surface area contributed by atoms with Crippen LogP contribution in [0.1, 0.15) is 21.7 Å². The van der Waals surface area contributed by atoms with E-state index in [1.165, 1.54) is 0 Å². The average Bonchev–Trinajstić information content (AvgIpc) is 3.00. The lowest BCUT2D eigenvalue weighted by Gasteiger charge is -2.12. The SMILES string of the molecule is COc1cc(C(=O)NCCc2ccco2)cc(OC)c1C. The highest BCUT2D eigenvalue weighted by Crippen LogP contribution is 2.29. The van der Waals surface area contributed by atoms with Crippen LogP contribution in [0.5, 0.6) is 11.5 Å². The van der Waals surface area contributed by atoms with Crippen LogP contribution < -0.4 is 14.8 Å². The molecule has 0 aliphatic heterocycles. The quantitative estimate of drug-likeness (QED) is 0.888. The topological polar surface area (TPSA) is 60.7 Å². The van der Waals surface area contributed by atoms with Crippen molar-refractivity contribution in [1.29, 1.82) is 0 Å². The van der Waals surface area contributed by atoms with Crippen molar-refractivity contribution in [2.45, 2.75) is 13.3 Å². The second-order valence-corrected chi connectivity index (χ2v) is 4.59. The van der Waals surface area contributed by atoms with Crippen LogP contribution in [-0.4, -0.2) is 26.7 Å². The van der Waals surface area contributed by atoms with E-state index in [0.717, 1.165) is 11.3 Å². The second kappa shape index (κ2) is 6.83. The van der Waals surface area contributed by atoms with Crippen LogP contribution in [0.3, 0.4) is 0 Å². The Morgan fingerprint density at radius 2 is 1.90 bits per heavy atom. The first-order chi connectivity index (χ1) is 10.2. The van der Waals surface area contributed by atoms with E-state index in [0.29, 0.717) is 30.0 Å². The Hall–Kier alpha value is -2.43. The minimum atomic E-state index is -0.168. The zero-order valence-electron chi connectivity index (χ0n) is 12.4. The van der Waals surface area contributed by atoms with Crippen molar-refractivity contribution in [3.63, 3.8) is 0 Å². The van der Waals surface area contributed by atoms with E-state index in [4.69, 9.17) is 13.9 Å². The summed E-state index contributed by atoms with van der Waals surface area (Å²) in [6, 6.07) is 7.12. The fourth-order valence-electron chi connectivity index (χ4n) is 2.07. The van der Waals surface area contributed by atoms with E-state index in [2.05, 4.69) is 5.32 Å². The summed E-state index contributed by atoms with van der Waals surface area (Å²) in [6.45, 7) is 2.39. The van der Waals surface area contributed by atoms with Gasteiger partial charge in [0.1, 0.15) is 17.3 Å². The molecule has 1 N–H and O–H groups in total. The third kappa shape index (κ3) is 3.56. The number of methoxy groups -OCH3 is 2. The third-order valence-electron chi connectivity index (χ3n) is 3.25. The van der Waals surface area contributed by atoms with Gasteiger partial charge in [-0.05, 0) is 31.2 Å². The molecule has 0 saturated carbocycles. The maximum atomic E-state index is 12.2. The fourth-order valence-corrected chi connectivity index (χ4v) is 2.07. The van der Waals surface area contributed by atoms with E-state index in [1.54, 1.807) is 32.6 Å². The summed E-state index contributed by atoms with van der Waals surface area (Å²) < 4.78 is 15.8. The molecule has 1 aromatic heterocycles. The first-order valence-electron chi connectivity index (χ1n) is 6.69. The molecule has 0 saturated heterocycles. The lowest BCUT2D eigenvalue weighted by atomic mass is 10.1. The highest BCUT2D eigenvalue weighted by molar-refractivity contribution is 5.95. The van der Waals surface area contributed by atoms with Gasteiger partial charge in [-0.2, -0.15) is 0 Å². The van der Waals surface area contributed by atoms with Gasteiger partial charge >= 0.3 is 0 Å². The van der Waals surface area contributed by atoms with Gasteiger partial charge in [0.2, 0.25) is 0 Å². The van der Waals surface area contributed by atoms with Crippen molar-refractivity contribution < 1.29 is 18.7 Å². The monoisotopic (exact) mass is 289 g/mol. The van der Waals surface area contributed by atoms with Crippen LogP contribution in [0.15, 0.2) is 34.9 Å². The van der Waals surface area contributed by atoms with Crippen molar-refractivity contribution in [3.8, 4) is 11.5 Å². The molecule has 0 unspecified atom stereocenters. The minimum Gasteiger partial charge on any atom is -0.496 e. The molecule has 5 nitrogen and oxygen atoms in total. The molecule has 21 heavy (non-hydrogen) atoms. The number of benzene rings is 1. The summed E-state index contributed by atoms with van der Waals surface area (Å²) in [5, 5.41) is 2.85. The van der Waals surface area contributed by atoms with Crippen LogP contribution in [0.2, 0.25) is 0 Å². The molecule has 5 heteroatoms. The Balaban J connectivity index is 2.04. The smallest absolute Gasteiger partial charge is 0.251 e.